The molecule has 1 aliphatic rings. The van der Waals surface area contributed by atoms with Gasteiger partial charge in [-0.1, -0.05) is 22.9 Å². The number of hydrogen-bond donors (Lipinski definition) is 0. The highest BCUT2D eigenvalue weighted by molar-refractivity contribution is 9.09. The quantitative estimate of drug-likeness (QED) is 0.777. The number of hydrogen-bond acceptors (Lipinski definition) is 2. The minimum Gasteiger partial charge on any atom is -0.381 e. The Morgan fingerprint density at radius 3 is 3.06 bits per heavy atom. The van der Waals surface area contributed by atoms with Crippen LogP contribution in [0.3, 0.4) is 0 Å². The van der Waals surface area contributed by atoms with Crippen LogP contribution in [0.4, 0.5) is 0 Å². The van der Waals surface area contributed by atoms with Gasteiger partial charge in [0.2, 0.25) is 0 Å². The standard InChI is InChI=1S/C14H23BrN2O/c1-3-12(2)17-7-5-13(16-17)9-14(10-15)6-4-8-18-11-14/h5,7,12H,3-4,6,8-11H2,1-2H3. The van der Waals surface area contributed by atoms with Crippen LogP contribution in [0.15, 0.2) is 12.3 Å². The van der Waals surface area contributed by atoms with E-state index >= 15 is 0 Å². The van der Waals surface area contributed by atoms with E-state index in [-0.39, 0.29) is 5.41 Å². The van der Waals surface area contributed by atoms with Crippen molar-refractivity contribution in [2.24, 2.45) is 5.41 Å². The summed E-state index contributed by atoms with van der Waals surface area (Å²) in [6, 6.07) is 2.65. The summed E-state index contributed by atoms with van der Waals surface area (Å²) in [4.78, 5) is 0. The van der Waals surface area contributed by atoms with Gasteiger partial charge in [-0.3, -0.25) is 4.68 Å². The SMILES string of the molecule is CCC(C)n1ccc(CC2(CBr)CCCOC2)n1. The molecule has 0 aliphatic carbocycles. The third-order valence-corrected chi connectivity index (χ3v) is 5.14. The first-order chi connectivity index (χ1) is 8.69. The molecular formula is C14H23BrN2O. The van der Waals surface area contributed by atoms with Gasteiger partial charge in [0.05, 0.1) is 12.3 Å². The lowest BCUT2D eigenvalue weighted by molar-refractivity contribution is 0.00560. The van der Waals surface area contributed by atoms with Crippen LogP contribution in [0.2, 0.25) is 0 Å². The highest BCUT2D eigenvalue weighted by Crippen LogP contribution is 2.34. The molecule has 2 heterocycles. The van der Waals surface area contributed by atoms with Crippen LogP contribution in [0.1, 0.15) is 44.8 Å². The van der Waals surface area contributed by atoms with Crippen LogP contribution in [0.25, 0.3) is 0 Å². The smallest absolute Gasteiger partial charge is 0.0631 e. The summed E-state index contributed by atoms with van der Waals surface area (Å²) < 4.78 is 7.74. The Labute approximate surface area is 118 Å². The fourth-order valence-electron chi connectivity index (χ4n) is 2.49. The molecule has 1 aromatic rings. The number of halogens is 1. The maximum Gasteiger partial charge on any atom is 0.0631 e. The lowest BCUT2D eigenvalue weighted by Gasteiger charge is -2.35. The molecule has 0 bridgehead atoms. The molecule has 2 unspecified atom stereocenters. The topological polar surface area (TPSA) is 27.1 Å². The molecule has 3 nitrogen and oxygen atoms in total. The molecule has 4 heteroatoms. The maximum absolute atomic E-state index is 5.66. The molecular weight excluding hydrogens is 292 g/mol. The number of alkyl halides is 1. The molecule has 18 heavy (non-hydrogen) atoms. The zero-order chi connectivity index (χ0) is 13.0. The fraction of sp³-hybridized carbons (Fsp3) is 0.786. The molecule has 0 amide bonds. The first-order valence-electron chi connectivity index (χ1n) is 6.87. The molecule has 1 saturated heterocycles. The Hall–Kier alpha value is -0.350. The third kappa shape index (κ3) is 3.15. The van der Waals surface area contributed by atoms with Crippen molar-refractivity contribution in [1.82, 2.24) is 9.78 Å². The number of nitrogens with zero attached hydrogens (tertiary/aromatic N) is 2. The largest absolute Gasteiger partial charge is 0.381 e. The van der Waals surface area contributed by atoms with E-state index in [0.29, 0.717) is 6.04 Å². The molecule has 1 fully saturated rings. The van der Waals surface area contributed by atoms with Gasteiger partial charge in [0.15, 0.2) is 0 Å². The summed E-state index contributed by atoms with van der Waals surface area (Å²) in [5.74, 6) is 0. The lowest BCUT2D eigenvalue weighted by Crippen LogP contribution is -2.35. The van der Waals surface area contributed by atoms with Gasteiger partial charge in [-0.15, -0.1) is 0 Å². The lowest BCUT2D eigenvalue weighted by atomic mass is 9.80. The van der Waals surface area contributed by atoms with Crippen LogP contribution in [-0.4, -0.2) is 28.3 Å². The Morgan fingerprint density at radius 2 is 2.44 bits per heavy atom. The number of aromatic nitrogens is 2. The van der Waals surface area contributed by atoms with E-state index < -0.39 is 0 Å². The summed E-state index contributed by atoms with van der Waals surface area (Å²) in [6.45, 7) is 6.17. The second kappa shape index (κ2) is 6.20. The van der Waals surface area contributed by atoms with E-state index in [4.69, 9.17) is 9.84 Å². The van der Waals surface area contributed by atoms with Gasteiger partial charge in [0.1, 0.15) is 0 Å². The Balaban J connectivity index is 2.05. The fourth-order valence-corrected chi connectivity index (χ4v) is 3.13. The maximum atomic E-state index is 5.66. The van der Waals surface area contributed by atoms with Gasteiger partial charge in [-0.25, -0.2) is 0 Å². The van der Waals surface area contributed by atoms with Crippen molar-refractivity contribution in [2.45, 2.75) is 45.6 Å². The summed E-state index contributed by atoms with van der Waals surface area (Å²) in [6.07, 6.45) is 6.64. The molecule has 0 spiro atoms. The van der Waals surface area contributed by atoms with Crippen LogP contribution in [0.5, 0.6) is 0 Å². The van der Waals surface area contributed by atoms with Crippen molar-refractivity contribution in [3.05, 3.63) is 18.0 Å². The molecule has 0 aromatic carbocycles. The summed E-state index contributed by atoms with van der Waals surface area (Å²) in [7, 11) is 0. The van der Waals surface area contributed by atoms with Gasteiger partial charge in [0.25, 0.3) is 0 Å². The van der Waals surface area contributed by atoms with Crippen molar-refractivity contribution >= 4 is 15.9 Å². The highest BCUT2D eigenvalue weighted by Gasteiger charge is 2.32. The van der Waals surface area contributed by atoms with Gasteiger partial charge in [-0.05, 0) is 32.3 Å². The average Bonchev–Trinajstić information content (AvgIpc) is 2.87. The molecule has 102 valence electrons. The van der Waals surface area contributed by atoms with Crippen molar-refractivity contribution in [2.75, 3.05) is 18.5 Å². The van der Waals surface area contributed by atoms with Gasteiger partial charge >= 0.3 is 0 Å². The van der Waals surface area contributed by atoms with Crippen LogP contribution in [-0.2, 0) is 11.2 Å². The Morgan fingerprint density at radius 1 is 1.61 bits per heavy atom. The van der Waals surface area contributed by atoms with Gasteiger partial charge in [-0.2, -0.15) is 5.10 Å². The predicted octanol–water partition coefficient (Wildman–Crippen LogP) is 3.59. The Kier molecular flexibility index (Phi) is 4.84. The van der Waals surface area contributed by atoms with E-state index in [1.807, 2.05) is 0 Å². The number of rotatable bonds is 5. The first kappa shape index (κ1) is 14.1. The van der Waals surface area contributed by atoms with Crippen LogP contribution in [0, 0.1) is 5.41 Å². The van der Waals surface area contributed by atoms with Crippen molar-refractivity contribution in [3.8, 4) is 0 Å². The zero-order valence-corrected chi connectivity index (χ0v) is 12.9. The van der Waals surface area contributed by atoms with E-state index in [1.165, 1.54) is 12.1 Å². The van der Waals surface area contributed by atoms with Crippen molar-refractivity contribution in [3.63, 3.8) is 0 Å². The van der Waals surface area contributed by atoms with Gasteiger partial charge < -0.3 is 4.74 Å². The third-order valence-electron chi connectivity index (χ3n) is 3.95. The summed E-state index contributed by atoms with van der Waals surface area (Å²) in [5, 5.41) is 5.70. The number of ether oxygens (including phenoxy) is 1. The normalized spacial score (nSPS) is 26.2. The molecule has 1 aliphatic heterocycles. The molecule has 1 aromatic heterocycles. The predicted molar refractivity (Wildman–Crippen MR) is 77.2 cm³/mol. The van der Waals surface area contributed by atoms with E-state index in [9.17, 15) is 0 Å². The van der Waals surface area contributed by atoms with E-state index in [0.717, 1.165) is 37.8 Å². The average molecular weight is 315 g/mol. The molecule has 2 rings (SSSR count). The highest BCUT2D eigenvalue weighted by atomic mass is 79.9. The summed E-state index contributed by atoms with van der Waals surface area (Å²) in [5.41, 5.74) is 1.44. The molecule has 0 saturated carbocycles. The summed E-state index contributed by atoms with van der Waals surface area (Å²) >= 11 is 3.66. The minimum absolute atomic E-state index is 0.243. The van der Waals surface area contributed by atoms with Crippen LogP contribution >= 0.6 is 15.9 Å². The van der Waals surface area contributed by atoms with Gasteiger partial charge in [0, 0.05) is 36.0 Å². The van der Waals surface area contributed by atoms with E-state index in [1.54, 1.807) is 0 Å². The van der Waals surface area contributed by atoms with Crippen LogP contribution < -0.4 is 0 Å². The second-order valence-electron chi connectivity index (χ2n) is 5.51. The molecule has 0 radical (unpaired) electrons. The van der Waals surface area contributed by atoms with Crippen molar-refractivity contribution < 1.29 is 4.74 Å². The van der Waals surface area contributed by atoms with Crippen molar-refractivity contribution in [1.29, 1.82) is 0 Å². The Bertz CT molecular complexity index is 372. The van der Waals surface area contributed by atoms with E-state index in [2.05, 4.69) is 46.7 Å². The first-order valence-corrected chi connectivity index (χ1v) is 7.99. The molecule has 0 N–H and O–H groups in total. The zero-order valence-electron chi connectivity index (χ0n) is 11.4. The monoisotopic (exact) mass is 314 g/mol. The second-order valence-corrected chi connectivity index (χ2v) is 6.07. The minimum atomic E-state index is 0.243. The molecule has 2 atom stereocenters.